The van der Waals surface area contributed by atoms with Crippen molar-refractivity contribution in [1.29, 1.82) is 0 Å². The minimum atomic E-state index is -0.424. The standard InChI is InChI=1S/C15H16N2O2.ClH/c18-13-8-14(16-9-13)15(19)17-12-6-5-10-3-1-2-4-11(10)7-12;/h1-7,13-14,16,18H,8-9H2,(H,17,19);1H/t13-,14-;/m0./s1. The molecule has 0 aliphatic carbocycles. The summed E-state index contributed by atoms with van der Waals surface area (Å²) in [6.45, 7) is 0.482. The normalized spacial score (nSPS) is 21.4. The van der Waals surface area contributed by atoms with Crippen LogP contribution in [0.2, 0.25) is 0 Å². The van der Waals surface area contributed by atoms with E-state index in [4.69, 9.17) is 0 Å². The van der Waals surface area contributed by atoms with Gasteiger partial charge in [0.05, 0.1) is 12.1 Å². The first-order chi connectivity index (χ1) is 9.22. The molecule has 2 aromatic carbocycles. The molecule has 5 heteroatoms. The van der Waals surface area contributed by atoms with Crippen molar-refractivity contribution in [3.8, 4) is 0 Å². The molecule has 1 amide bonds. The minimum absolute atomic E-state index is 0. The maximum absolute atomic E-state index is 12.0. The number of anilines is 1. The van der Waals surface area contributed by atoms with Gasteiger partial charge in [-0.05, 0) is 29.3 Å². The molecule has 0 saturated carbocycles. The Hall–Kier alpha value is -1.62. The van der Waals surface area contributed by atoms with Gasteiger partial charge in [0, 0.05) is 12.2 Å². The molecule has 0 radical (unpaired) electrons. The average Bonchev–Trinajstić information content (AvgIpc) is 2.85. The van der Waals surface area contributed by atoms with E-state index >= 15 is 0 Å². The van der Waals surface area contributed by atoms with Crippen molar-refractivity contribution in [2.75, 3.05) is 11.9 Å². The van der Waals surface area contributed by atoms with E-state index in [0.717, 1.165) is 16.5 Å². The van der Waals surface area contributed by atoms with Crippen LogP contribution in [0.15, 0.2) is 42.5 Å². The number of rotatable bonds is 2. The third-order valence-corrected chi connectivity index (χ3v) is 3.44. The van der Waals surface area contributed by atoms with Gasteiger partial charge in [-0.15, -0.1) is 12.4 Å². The van der Waals surface area contributed by atoms with Gasteiger partial charge in [-0.1, -0.05) is 30.3 Å². The van der Waals surface area contributed by atoms with Crippen molar-refractivity contribution in [2.45, 2.75) is 18.6 Å². The van der Waals surface area contributed by atoms with E-state index in [-0.39, 0.29) is 24.4 Å². The lowest BCUT2D eigenvalue weighted by atomic mass is 10.1. The maximum Gasteiger partial charge on any atom is 0.241 e. The molecular formula is C15H17ClN2O2. The van der Waals surface area contributed by atoms with E-state index < -0.39 is 6.10 Å². The summed E-state index contributed by atoms with van der Waals surface area (Å²) in [6, 6.07) is 13.6. The fraction of sp³-hybridized carbons (Fsp3) is 0.267. The number of carbonyl (C=O) groups is 1. The number of benzene rings is 2. The molecular weight excluding hydrogens is 276 g/mol. The third kappa shape index (κ3) is 3.10. The second-order valence-electron chi connectivity index (χ2n) is 4.90. The Kier molecular flexibility index (Phi) is 4.60. The van der Waals surface area contributed by atoms with Gasteiger partial charge < -0.3 is 15.7 Å². The van der Waals surface area contributed by atoms with Gasteiger partial charge in [-0.25, -0.2) is 0 Å². The number of fused-ring (bicyclic) bond motifs is 1. The van der Waals surface area contributed by atoms with E-state index in [1.54, 1.807) is 0 Å². The van der Waals surface area contributed by atoms with Gasteiger partial charge >= 0.3 is 0 Å². The quantitative estimate of drug-likeness (QED) is 0.792. The summed E-state index contributed by atoms with van der Waals surface area (Å²) in [5.41, 5.74) is 0.784. The summed E-state index contributed by atoms with van der Waals surface area (Å²) in [7, 11) is 0. The van der Waals surface area contributed by atoms with Crippen molar-refractivity contribution in [2.24, 2.45) is 0 Å². The molecule has 1 heterocycles. The highest BCUT2D eigenvalue weighted by Gasteiger charge is 2.27. The second kappa shape index (κ2) is 6.22. The number of carbonyl (C=O) groups excluding carboxylic acids is 1. The van der Waals surface area contributed by atoms with Crippen LogP contribution in [0.5, 0.6) is 0 Å². The van der Waals surface area contributed by atoms with Crippen molar-refractivity contribution in [1.82, 2.24) is 5.32 Å². The second-order valence-corrected chi connectivity index (χ2v) is 4.90. The van der Waals surface area contributed by atoms with Crippen LogP contribution >= 0.6 is 12.4 Å². The molecule has 106 valence electrons. The molecule has 2 atom stereocenters. The number of aliphatic hydroxyl groups excluding tert-OH is 1. The van der Waals surface area contributed by atoms with Gasteiger partial charge in [-0.2, -0.15) is 0 Å². The van der Waals surface area contributed by atoms with Crippen LogP contribution in [-0.2, 0) is 4.79 Å². The van der Waals surface area contributed by atoms with Gasteiger partial charge in [0.1, 0.15) is 0 Å². The molecule has 20 heavy (non-hydrogen) atoms. The highest BCUT2D eigenvalue weighted by Crippen LogP contribution is 2.19. The molecule has 0 aromatic heterocycles. The molecule has 0 bridgehead atoms. The Morgan fingerprint density at radius 1 is 1.20 bits per heavy atom. The summed E-state index contributed by atoms with van der Waals surface area (Å²) in [4.78, 5) is 12.0. The Morgan fingerprint density at radius 2 is 1.95 bits per heavy atom. The number of hydrogen-bond donors (Lipinski definition) is 3. The van der Waals surface area contributed by atoms with Crippen molar-refractivity contribution in [3.05, 3.63) is 42.5 Å². The molecule has 3 N–H and O–H groups in total. The van der Waals surface area contributed by atoms with Crippen LogP contribution in [0.25, 0.3) is 10.8 Å². The number of amides is 1. The van der Waals surface area contributed by atoms with Crippen LogP contribution < -0.4 is 10.6 Å². The van der Waals surface area contributed by atoms with Gasteiger partial charge in [-0.3, -0.25) is 4.79 Å². The van der Waals surface area contributed by atoms with E-state index in [1.165, 1.54) is 0 Å². The topological polar surface area (TPSA) is 61.4 Å². The van der Waals surface area contributed by atoms with Crippen molar-refractivity contribution in [3.63, 3.8) is 0 Å². The van der Waals surface area contributed by atoms with Gasteiger partial charge in [0.2, 0.25) is 5.91 Å². The smallest absolute Gasteiger partial charge is 0.241 e. The van der Waals surface area contributed by atoms with Crippen molar-refractivity contribution < 1.29 is 9.90 Å². The highest BCUT2D eigenvalue weighted by atomic mass is 35.5. The average molecular weight is 293 g/mol. The van der Waals surface area contributed by atoms with Gasteiger partial charge in [0.25, 0.3) is 0 Å². The SMILES string of the molecule is Cl.O=C(Nc1ccc2ccccc2c1)[C@@H]1C[C@H](O)CN1. The summed E-state index contributed by atoms with van der Waals surface area (Å²) in [5.74, 6) is -0.0909. The Morgan fingerprint density at radius 3 is 2.65 bits per heavy atom. The lowest BCUT2D eigenvalue weighted by Gasteiger charge is -2.11. The number of nitrogens with one attached hydrogen (secondary N) is 2. The fourth-order valence-corrected chi connectivity index (χ4v) is 2.41. The van der Waals surface area contributed by atoms with Gasteiger partial charge in [0.15, 0.2) is 0 Å². The first kappa shape index (κ1) is 14.8. The Labute approximate surface area is 123 Å². The predicted molar refractivity (Wildman–Crippen MR) is 82.2 cm³/mol. The molecule has 1 aliphatic heterocycles. The zero-order chi connectivity index (χ0) is 13.2. The number of β-amino-alcohol motifs (C(OH)–C–C–N with tert-alkyl or cyclic N) is 1. The minimum Gasteiger partial charge on any atom is -0.392 e. The first-order valence-electron chi connectivity index (χ1n) is 6.43. The van der Waals surface area contributed by atoms with Crippen LogP contribution in [-0.4, -0.2) is 29.7 Å². The third-order valence-electron chi connectivity index (χ3n) is 3.44. The van der Waals surface area contributed by atoms with E-state index in [9.17, 15) is 9.90 Å². The zero-order valence-electron chi connectivity index (χ0n) is 10.9. The number of halogens is 1. The first-order valence-corrected chi connectivity index (χ1v) is 6.43. The fourth-order valence-electron chi connectivity index (χ4n) is 2.41. The van der Waals surface area contributed by atoms with Crippen LogP contribution in [0.1, 0.15) is 6.42 Å². The highest BCUT2D eigenvalue weighted by molar-refractivity contribution is 5.97. The molecule has 1 saturated heterocycles. The largest absolute Gasteiger partial charge is 0.392 e. The molecule has 1 fully saturated rings. The summed E-state index contributed by atoms with van der Waals surface area (Å²) < 4.78 is 0. The monoisotopic (exact) mass is 292 g/mol. The zero-order valence-corrected chi connectivity index (χ0v) is 11.7. The summed E-state index contributed by atoms with van der Waals surface area (Å²) in [6.07, 6.45) is 0.0479. The molecule has 2 aromatic rings. The van der Waals surface area contributed by atoms with Crippen LogP contribution in [0.3, 0.4) is 0 Å². The molecule has 4 nitrogen and oxygen atoms in total. The maximum atomic E-state index is 12.0. The predicted octanol–water partition coefficient (Wildman–Crippen LogP) is 1.92. The van der Waals surface area contributed by atoms with E-state index in [0.29, 0.717) is 13.0 Å². The molecule has 1 aliphatic rings. The molecule has 0 unspecified atom stereocenters. The lowest BCUT2D eigenvalue weighted by molar-refractivity contribution is -0.117. The van der Waals surface area contributed by atoms with Crippen LogP contribution in [0.4, 0.5) is 5.69 Å². The van der Waals surface area contributed by atoms with Crippen molar-refractivity contribution >= 4 is 34.8 Å². The lowest BCUT2D eigenvalue weighted by Crippen LogP contribution is -2.35. The number of hydrogen-bond acceptors (Lipinski definition) is 3. The Balaban J connectivity index is 0.00000147. The molecule has 0 spiro atoms. The van der Waals surface area contributed by atoms with E-state index in [2.05, 4.69) is 10.6 Å². The summed E-state index contributed by atoms with van der Waals surface area (Å²) >= 11 is 0. The number of aliphatic hydroxyl groups is 1. The Bertz CT molecular complexity index is 618. The molecule has 3 rings (SSSR count). The van der Waals surface area contributed by atoms with E-state index in [1.807, 2.05) is 42.5 Å². The summed E-state index contributed by atoms with van der Waals surface area (Å²) in [5, 5.41) is 17.5. The van der Waals surface area contributed by atoms with Crippen LogP contribution in [0, 0.1) is 0 Å².